The summed E-state index contributed by atoms with van der Waals surface area (Å²) in [4.78, 5) is 8.11. The van der Waals surface area contributed by atoms with Gasteiger partial charge in [0, 0.05) is 24.0 Å². The van der Waals surface area contributed by atoms with Gasteiger partial charge in [-0.3, -0.25) is 9.97 Å². The van der Waals surface area contributed by atoms with Crippen LogP contribution in [0.2, 0.25) is 0 Å². The molecule has 0 spiro atoms. The Kier molecular flexibility index (Phi) is 2.92. The number of hydrogen-bond donors (Lipinski definition) is 1. The zero-order chi connectivity index (χ0) is 11.5. The van der Waals surface area contributed by atoms with Crippen molar-refractivity contribution in [1.29, 1.82) is 0 Å². The first-order chi connectivity index (χ1) is 7.68. The predicted octanol–water partition coefficient (Wildman–Crippen LogP) is 2.30. The fourth-order valence-corrected chi connectivity index (χ4v) is 1.59. The average Bonchev–Trinajstić information content (AvgIpc) is 2.29. The Balaban J connectivity index is 2.58. The van der Waals surface area contributed by atoms with Gasteiger partial charge in [0.05, 0.1) is 11.9 Å². The van der Waals surface area contributed by atoms with E-state index in [1.807, 2.05) is 6.92 Å². The summed E-state index contributed by atoms with van der Waals surface area (Å²) in [5.41, 5.74) is 8.03. The van der Waals surface area contributed by atoms with E-state index in [9.17, 15) is 4.39 Å². The highest BCUT2D eigenvalue weighted by Gasteiger charge is 2.10. The van der Waals surface area contributed by atoms with Crippen LogP contribution in [0, 0.1) is 5.82 Å². The molecule has 1 unspecified atom stereocenters. The van der Waals surface area contributed by atoms with Crippen LogP contribution >= 0.6 is 0 Å². The molecule has 0 fully saturated rings. The molecule has 2 rings (SSSR count). The highest BCUT2D eigenvalue weighted by atomic mass is 19.1. The monoisotopic (exact) mass is 217 g/mol. The molecule has 1 aromatic carbocycles. The van der Waals surface area contributed by atoms with Crippen LogP contribution < -0.4 is 5.73 Å². The second kappa shape index (κ2) is 4.37. The van der Waals surface area contributed by atoms with Crippen molar-refractivity contribution in [3.8, 4) is 11.3 Å². The van der Waals surface area contributed by atoms with Crippen LogP contribution in [0.25, 0.3) is 11.3 Å². The first kappa shape index (κ1) is 10.7. The lowest BCUT2D eigenvalue weighted by atomic mass is 9.99. The van der Waals surface area contributed by atoms with E-state index < -0.39 is 0 Å². The first-order valence-corrected chi connectivity index (χ1v) is 5.00. The molecular formula is C12H12FN3. The smallest absolute Gasteiger partial charge is 0.123 e. The van der Waals surface area contributed by atoms with Crippen LogP contribution in [0.15, 0.2) is 36.8 Å². The maximum Gasteiger partial charge on any atom is 0.123 e. The van der Waals surface area contributed by atoms with E-state index in [-0.39, 0.29) is 11.9 Å². The molecule has 0 saturated carbocycles. The second-order valence-electron chi connectivity index (χ2n) is 3.61. The topological polar surface area (TPSA) is 51.8 Å². The van der Waals surface area contributed by atoms with Gasteiger partial charge in [0.2, 0.25) is 0 Å². The lowest BCUT2D eigenvalue weighted by Gasteiger charge is -2.11. The lowest BCUT2D eigenvalue weighted by molar-refractivity contribution is 0.626. The molecule has 0 saturated heterocycles. The molecule has 4 heteroatoms. The third-order valence-corrected chi connectivity index (χ3v) is 2.35. The van der Waals surface area contributed by atoms with Crippen molar-refractivity contribution in [2.24, 2.45) is 5.73 Å². The average molecular weight is 217 g/mol. The van der Waals surface area contributed by atoms with E-state index >= 15 is 0 Å². The normalized spacial score (nSPS) is 12.4. The Labute approximate surface area is 93.2 Å². The minimum atomic E-state index is -0.301. The van der Waals surface area contributed by atoms with Crippen LogP contribution in [0.3, 0.4) is 0 Å². The van der Waals surface area contributed by atoms with Crippen LogP contribution in [-0.4, -0.2) is 9.97 Å². The number of benzene rings is 1. The van der Waals surface area contributed by atoms with E-state index in [1.165, 1.54) is 12.1 Å². The Morgan fingerprint density at radius 1 is 1.31 bits per heavy atom. The molecule has 0 amide bonds. The molecule has 1 heterocycles. The molecule has 1 aromatic heterocycles. The second-order valence-corrected chi connectivity index (χ2v) is 3.61. The molecular weight excluding hydrogens is 205 g/mol. The van der Waals surface area contributed by atoms with Gasteiger partial charge < -0.3 is 5.73 Å². The summed E-state index contributed by atoms with van der Waals surface area (Å²) < 4.78 is 13.2. The van der Waals surface area contributed by atoms with Crippen molar-refractivity contribution >= 4 is 0 Å². The number of rotatable bonds is 2. The van der Waals surface area contributed by atoms with Gasteiger partial charge in [-0.1, -0.05) is 6.07 Å². The molecule has 2 aromatic rings. The van der Waals surface area contributed by atoms with E-state index in [1.54, 1.807) is 24.7 Å². The molecule has 0 aliphatic heterocycles. The number of aromatic nitrogens is 2. The molecule has 0 bridgehead atoms. The fraction of sp³-hybridized carbons (Fsp3) is 0.167. The van der Waals surface area contributed by atoms with Crippen LogP contribution in [0.5, 0.6) is 0 Å². The zero-order valence-corrected chi connectivity index (χ0v) is 8.89. The maximum absolute atomic E-state index is 13.2. The van der Waals surface area contributed by atoms with Crippen molar-refractivity contribution in [3.05, 3.63) is 48.2 Å². The van der Waals surface area contributed by atoms with Crippen LogP contribution in [-0.2, 0) is 0 Å². The molecule has 3 nitrogen and oxygen atoms in total. The number of nitrogens with zero attached hydrogens (tertiary/aromatic N) is 2. The van der Waals surface area contributed by atoms with Gasteiger partial charge in [0.1, 0.15) is 5.82 Å². The number of halogens is 1. The van der Waals surface area contributed by atoms with Crippen LogP contribution in [0.4, 0.5) is 4.39 Å². The summed E-state index contributed by atoms with van der Waals surface area (Å²) in [7, 11) is 0. The summed E-state index contributed by atoms with van der Waals surface area (Å²) in [6, 6.07) is 4.35. The Morgan fingerprint density at radius 3 is 2.75 bits per heavy atom. The SMILES string of the molecule is CC(N)c1ccc(F)cc1-c1cnccn1. The van der Waals surface area contributed by atoms with Gasteiger partial charge in [-0.15, -0.1) is 0 Å². The Morgan fingerprint density at radius 2 is 2.12 bits per heavy atom. The van der Waals surface area contributed by atoms with Gasteiger partial charge in [0.15, 0.2) is 0 Å². The fourth-order valence-electron chi connectivity index (χ4n) is 1.59. The van der Waals surface area contributed by atoms with E-state index in [0.29, 0.717) is 11.3 Å². The molecule has 82 valence electrons. The zero-order valence-electron chi connectivity index (χ0n) is 8.89. The quantitative estimate of drug-likeness (QED) is 0.839. The summed E-state index contributed by atoms with van der Waals surface area (Å²) in [5, 5.41) is 0. The number of nitrogens with two attached hydrogens (primary N) is 1. The highest BCUT2D eigenvalue weighted by Crippen LogP contribution is 2.25. The summed E-state index contributed by atoms with van der Waals surface area (Å²) in [5.74, 6) is -0.301. The van der Waals surface area contributed by atoms with Gasteiger partial charge in [-0.05, 0) is 24.6 Å². The summed E-state index contributed by atoms with van der Waals surface area (Å²) in [6.45, 7) is 1.85. The molecule has 0 radical (unpaired) electrons. The van der Waals surface area contributed by atoms with Crippen molar-refractivity contribution in [2.75, 3.05) is 0 Å². The molecule has 0 aliphatic rings. The summed E-state index contributed by atoms with van der Waals surface area (Å²) in [6.07, 6.45) is 4.75. The van der Waals surface area contributed by atoms with Crippen molar-refractivity contribution in [3.63, 3.8) is 0 Å². The maximum atomic E-state index is 13.2. The Hall–Kier alpha value is -1.81. The van der Waals surface area contributed by atoms with Crippen molar-refractivity contribution in [2.45, 2.75) is 13.0 Å². The Bertz CT molecular complexity index is 483. The van der Waals surface area contributed by atoms with Crippen LogP contribution in [0.1, 0.15) is 18.5 Å². The van der Waals surface area contributed by atoms with Gasteiger partial charge in [-0.25, -0.2) is 4.39 Å². The minimum absolute atomic E-state index is 0.169. The third kappa shape index (κ3) is 2.06. The molecule has 1 atom stereocenters. The van der Waals surface area contributed by atoms with E-state index in [2.05, 4.69) is 9.97 Å². The van der Waals surface area contributed by atoms with Gasteiger partial charge in [0.25, 0.3) is 0 Å². The lowest BCUT2D eigenvalue weighted by Crippen LogP contribution is -2.07. The van der Waals surface area contributed by atoms with Gasteiger partial charge >= 0.3 is 0 Å². The highest BCUT2D eigenvalue weighted by molar-refractivity contribution is 5.63. The first-order valence-electron chi connectivity index (χ1n) is 5.00. The van der Waals surface area contributed by atoms with Crippen molar-refractivity contribution < 1.29 is 4.39 Å². The van der Waals surface area contributed by atoms with Gasteiger partial charge in [-0.2, -0.15) is 0 Å². The minimum Gasteiger partial charge on any atom is -0.324 e. The molecule has 0 aliphatic carbocycles. The molecule has 16 heavy (non-hydrogen) atoms. The predicted molar refractivity (Wildman–Crippen MR) is 60.0 cm³/mol. The number of hydrogen-bond acceptors (Lipinski definition) is 3. The van der Waals surface area contributed by atoms with E-state index in [0.717, 1.165) is 5.56 Å². The standard InChI is InChI=1S/C12H12FN3/c1-8(14)10-3-2-9(13)6-11(10)12-7-15-4-5-16-12/h2-8H,14H2,1H3. The van der Waals surface area contributed by atoms with E-state index in [4.69, 9.17) is 5.73 Å². The summed E-state index contributed by atoms with van der Waals surface area (Å²) >= 11 is 0. The van der Waals surface area contributed by atoms with Crippen molar-refractivity contribution in [1.82, 2.24) is 9.97 Å². The largest absolute Gasteiger partial charge is 0.324 e. The third-order valence-electron chi connectivity index (χ3n) is 2.35. The molecule has 2 N–H and O–H groups in total.